The number of anilines is 1. The lowest BCUT2D eigenvalue weighted by atomic mass is 10.1. The molecule has 0 aliphatic carbocycles. The minimum absolute atomic E-state index is 0.140. The average Bonchev–Trinajstić information content (AvgIpc) is 2.92. The number of nitrogens with one attached hydrogen (secondary N) is 1. The standard InChI is InChI=1S/C17H17N3O3S/c1-11-7-12(2)9-15(8-11)20-24(21,22)16-6-4-5-14(10-16)17-18-13(3)23-19-17/h4-10,20H,1-3H3. The average molecular weight is 343 g/mol. The summed E-state index contributed by atoms with van der Waals surface area (Å²) in [6.07, 6.45) is 0. The van der Waals surface area contributed by atoms with Gasteiger partial charge in [0.1, 0.15) is 0 Å². The van der Waals surface area contributed by atoms with Crippen LogP contribution in [0.3, 0.4) is 0 Å². The maximum Gasteiger partial charge on any atom is 0.261 e. The summed E-state index contributed by atoms with van der Waals surface area (Å²) in [7, 11) is -3.71. The van der Waals surface area contributed by atoms with Crippen LogP contribution in [0, 0.1) is 20.8 Å². The molecule has 1 N–H and O–H groups in total. The third-order valence-electron chi connectivity index (χ3n) is 3.40. The topological polar surface area (TPSA) is 85.1 Å². The summed E-state index contributed by atoms with van der Waals surface area (Å²) >= 11 is 0. The van der Waals surface area contributed by atoms with Gasteiger partial charge < -0.3 is 4.52 Å². The summed E-state index contributed by atoms with van der Waals surface area (Å²) in [5.41, 5.74) is 3.09. The third kappa shape index (κ3) is 3.46. The molecule has 0 saturated carbocycles. The van der Waals surface area contributed by atoms with Gasteiger partial charge in [0.2, 0.25) is 11.7 Å². The van der Waals surface area contributed by atoms with Crippen molar-refractivity contribution in [2.24, 2.45) is 0 Å². The van der Waals surface area contributed by atoms with Crippen molar-refractivity contribution in [2.45, 2.75) is 25.7 Å². The van der Waals surface area contributed by atoms with Crippen LogP contribution in [0.15, 0.2) is 51.9 Å². The highest BCUT2D eigenvalue weighted by molar-refractivity contribution is 7.92. The fraction of sp³-hybridized carbons (Fsp3) is 0.176. The lowest BCUT2D eigenvalue weighted by molar-refractivity contribution is 0.394. The summed E-state index contributed by atoms with van der Waals surface area (Å²) in [5, 5.41) is 3.82. The number of hydrogen-bond acceptors (Lipinski definition) is 5. The molecule has 0 unspecified atom stereocenters. The Morgan fingerprint density at radius 2 is 1.71 bits per heavy atom. The highest BCUT2D eigenvalue weighted by atomic mass is 32.2. The summed E-state index contributed by atoms with van der Waals surface area (Å²) in [5.74, 6) is 0.780. The zero-order valence-electron chi connectivity index (χ0n) is 13.6. The van der Waals surface area contributed by atoms with Crippen molar-refractivity contribution in [3.63, 3.8) is 0 Å². The number of sulfonamides is 1. The molecule has 24 heavy (non-hydrogen) atoms. The molecule has 0 radical (unpaired) electrons. The zero-order valence-corrected chi connectivity index (χ0v) is 14.4. The molecule has 0 amide bonds. The Hall–Kier alpha value is -2.67. The van der Waals surface area contributed by atoms with Gasteiger partial charge in [0.25, 0.3) is 10.0 Å². The van der Waals surface area contributed by atoms with Gasteiger partial charge in [-0.3, -0.25) is 4.72 Å². The molecular weight excluding hydrogens is 326 g/mol. The van der Waals surface area contributed by atoms with Crippen LogP contribution in [0.25, 0.3) is 11.4 Å². The molecule has 0 aliphatic rings. The van der Waals surface area contributed by atoms with Crippen LogP contribution >= 0.6 is 0 Å². The predicted octanol–water partition coefficient (Wildman–Crippen LogP) is 3.46. The molecule has 124 valence electrons. The molecule has 0 fully saturated rings. The minimum atomic E-state index is -3.71. The highest BCUT2D eigenvalue weighted by Gasteiger charge is 2.16. The van der Waals surface area contributed by atoms with E-state index in [4.69, 9.17) is 4.52 Å². The van der Waals surface area contributed by atoms with Crippen LogP contribution in [0.4, 0.5) is 5.69 Å². The van der Waals surface area contributed by atoms with Gasteiger partial charge in [-0.1, -0.05) is 23.4 Å². The second-order valence-electron chi connectivity index (χ2n) is 5.65. The van der Waals surface area contributed by atoms with Crippen molar-refractivity contribution in [1.29, 1.82) is 0 Å². The van der Waals surface area contributed by atoms with Crippen molar-refractivity contribution < 1.29 is 12.9 Å². The van der Waals surface area contributed by atoms with Gasteiger partial charge in [0.05, 0.1) is 4.90 Å². The lowest BCUT2D eigenvalue weighted by Crippen LogP contribution is -2.13. The molecule has 0 bridgehead atoms. The lowest BCUT2D eigenvalue weighted by Gasteiger charge is -2.10. The first kappa shape index (κ1) is 16.2. The second kappa shape index (κ2) is 6.09. The smallest absolute Gasteiger partial charge is 0.261 e. The Labute approximate surface area is 140 Å². The van der Waals surface area contributed by atoms with Gasteiger partial charge in [-0.05, 0) is 49.2 Å². The van der Waals surface area contributed by atoms with Crippen LogP contribution in [0.5, 0.6) is 0 Å². The Balaban J connectivity index is 1.95. The first-order chi connectivity index (χ1) is 11.3. The fourth-order valence-electron chi connectivity index (χ4n) is 2.47. The van der Waals surface area contributed by atoms with E-state index < -0.39 is 10.0 Å². The minimum Gasteiger partial charge on any atom is -0.339 e. The number of nitrogens with zero attached hydrogens (tertiary/aromatic N) is 2. The van der Waals surface area contributed by atoms with Crippen molar-refractivity contribution in [3.8, 4) is 11.4 Å². The maximum atomic E-state index is 12.6. The van der Waals surface area contributed by atoms with Gasteiger partial charge in [0, 0.05) is 18.2 Å². The number of aromatic nitrogens is 2. The van der Waals surface area contributed by atoms with E-state index in [-0.39, 0.29) is 4.90 Å². The maximum absolute atomic E-state index is 12.6. The zero-order chi connectivity index (χ0) is 17.3. The molecular formula is C17H17N3O3S. The first-order valence-corrected chi connectivity index (χ1v) is 8.84. The Morgan fingerprint density at radius 1 is 1.00 bits per heavy atom. The van der Waals surface area contributed by atoms with E-state index in [0.717, 1.165) is 11.1 Å². The summed E-state index contributed by atoms with van der Waals surface area (Å²) in [4.78, 5) is 4.26. The van der Waals surface area contributed by atoms with Gasteiger partial charge in [-0.15, -0.1) is 0 Å². The molecule has 6 nitrogen and oxygen atoms in total. The normalized spacial score (nSPS) is 11.5. The van der Waals surface area contributed by atoms with Gasteiger partial charge >= 0.3 is 0 Å². The molecule has 1 heterocycles. The number of benzene rings is 2. The molecule has 1 aromatic heterocycles. The van der Waals surface area contributed by atoms with Crippen LogP contribution in [-0.2, 0) is 10.0 Å². The van der Waals surface area contributed by atoms with E-state index >= 15 is 0 Å². The van der Waals surface area contributed by atoms with Crippen molar-refractivity contribution in [3.05, 3.63) is 59.5 Å². The Bertz CT molecular complexity index is 974. The molecule has 3 rings (SSSR count). The summed E-state index contributed by atoms with van der Waals surface area (Å²) in [6, 6.07) is 12.0. The summed E-state index contributed by atoms with van der Waals surface area (Å²) in [6.45, 7) is 5.52. The predicted molar refractivity (Wildman–Crippen MR) is 91.2 cm³/mol. The van der Waals surface area contributed by atoms with E-state index in [1.165, 1.54) is 12.1 Å². The Kier molecular flexibility index (Phi) is 4.11. The van der Waals surface area contributed by atoms with Gasteiger partial charge in [-0.2, -0.15) is 4.98 Å². The first-order valence-electron chi connectivity index (χ1n) is 7.35. The Morgan fingerprint density at radius 3 is 2.33 bits per heavy atom. The number of aryl methyl sites for hydroxylation is 3. The molecule has 2 aromatic carbocycles. The molecule has 0 saturated heterocycles. The quantitative estimate of drug-likeness (QED) is 0.784. The van der Waals surface area contributed by atoms with Crippen molar-refractivity contribution >= 4 is 15.7 Å². The molecule has 3 aromatic rings. The molecule has 0 spiro atoms. The van der Waals surface area contributed by atoms with E-state index in [9.17, 15) is 8.42 Å². The van der Waals surface area contributed by atoms with E-state index in [0.29, 0.717) is 23.0 Å². The number of rotatable bonds is 4. The van der Waals surface area contributed by atoms with Gasteiger partial charge in [-0.25, -0.2) is 8.42 Å². The van der Waals surface area contributed by atoms with E-state index in [1.54, 1.807) is 31.2 Å². The largest absolute Gasteiger partial charge is 0.339 e. The SMILES string of the molecule is Cc1cc(C)cc(NS(=O)(=O)c2cccc(-c3noc(C)n3)c2)c1. The number of hydrogen-bond donors (Lipinski definition) is 1. The molecule has 7 heteroatoms. The second-order valence-corrected chi connectivity index (χ2v) is 7.33. The van der Waals surface area contributed by atoms with Gasteiger partial charge in [0.15, 0.2) is 0 Å². The van der Waals surface area contributed by atoms with Crippen molar-refractivity contribution in [1.82, 2.24) is 10.1 Å². The van der Waals surface area contributed by atoms with Crippen LogP contribution in [-0.4, -0.2) is 18.6 Å². The van der Waals surface area contributed by atoms with Crippen LogP contribution in [0.2, 0.25) is 0 Å². The van der Waals surface area contributed by atoms with E-state index in [1.807, 2.05) is 19.9 Å². The third-order valence-corrected chi connectivity index (χ3v) is 4.78. The molecule has 0 atom stereocenters. The van der Waals surface area contributed by atoms with Crippen molar-refractivity contribution in [2.75, 3.05) is 4.72 Å². The van der Waals surface area contributed by atoms with Crippen LogP contribution < -0.4 is 4.72 Å². The molecule has 0 aliphatic heterocycles. The fourth-order valence-corrected chi connectivity index (χ4v) is 3.55. The highest BCUT2D eigenvalue weighted by Crippen LogP contribution is 2.23. The van der Waals surface area contributed by atoms with E-state index in [2.05, 4.69) is 14.9 Å². The summed E-state index contributed by atoms with van der Waals surface area (Å²) < 4.78 is 32.8. The monoisotopic (exact) mass is 343 g/mol. The van der Waals surface area contributed by atoms with Crippen LogP contribution in [0.1, 0.15) is 17.0 Å².